The number of ether oxygens (including phenoxy) is 1. The number of aromatic nitrogens is 4. The van der Waals surface area contributed by atoms with Crippen molar-refractivity contribution in [1.29, 1.82) is 0 Å². The molecule has 0 amide bonds. The Kier molecular flexibility index (Phi) is 6.75. The summed E-state index contributed by atoms with van der Waals surface area (Å²) < 4.78 is 9.62. The first-order valence-corrected chi connectivity index (χ1v) is 11.4. The fourth-order valence-electron chi connectivity index (χ4n) is 3.84. The van der Waals surface area contributed by atoms with Gasteiger partial charge in [0.15, 0.2) is 11.0 Å². The van der Waals surface area contributed by atoms with Crippen LogP contribution in [-0.2, 0) is 18.3 Å². The zero-order chi connectivity index (χ0) is 21.8. The molecule has 2 aromatic carbocycles. The van der Waals surface area contributed by atoms with Crippen molar-refractivity contribution in [1.82, 2.24) is 24.6 Å². The first-order chi connectivity index (χ1) is 15.1. The van der Waals surface area contributed by atoms with Crippen molar-refractivity contribution in [2.75, 3.05) is 20.3 Å². The van der Waals surface area contributed by atoms with E-state index in [2.05, 4.69) is 89.0 Å². The van der Waals surface area contributed by atoms with Crippen LogP contribution in [0.5, 0.6) is 0 Å². The molecule has 31 heavy (non-hydrogen) atoms. The first-order valence-electron chi connectivity index (χ1n) is 10.6. The molecule has 0 bridgehead atoms. The number of hydrogen-bond acceptors (Lipinski definition) is 5. The van der Waals surface area contributed by atoms with E-state index < -0.39 is 0 Å². The van der Waals surface area contributed by atoms with Crippen LogP contribution in [0.1, 0.15) is 19.4 Å². The molecule has 0 aliphatic rings. The Hall–Kier alpha value is -2.61. The Labute approximate surface area is 187 Å². The van der Waals surface area contributed by atoms with Gasteiger partial charge in [0.25, 0.3) is 0 Å². The summed E-state index contributed by atoms with van der Waals surface area (Å²) in [6.45, 7) is 6.55. The molecular formula is C24H29N5OS. The Morgan fingerprint density at radius 1 is 1.03 bits per heavy atom. The predicted molar refractivity (Wildman–Crippen MR) is 128 cm³/mol. The van der Waals surface area contributed by atoms with Crippen LogP contribution in [0, 0.1) is 0 Å². The predicted octanol–water partition coefficient (Wildman–Crippen LogP) is 4.66. The molecular weight excluding hydrogens is 406 g/mol. The molecule has 4 rings (SSSR count). The molecule has 4 aromatic rings. The quantitative estimate of drug-likeness (QED) is 0.306. The molecule has 0 fully saturated rings. The minimum absolute atomic E-state index is 0.405. The van der Waals surface area contributed by atoms with Crippen LogP contribution in [-0.4, -0.2) is 44.8 Å². The van der Waals surface area contributed by atoms with Gasteiger partial charge in [0, 0.05) is 54.7 Å². The number of para-hydroxylation sites is 2. The van der Waals surface area contributed by atoms with E-state index in [-0.39, 0.29) is 0 Å². The van der Waals surface area contributed by atoms with Gasteiger partial charge in [-0.05, 0) is 18.2 Å². The molecule has 2 heterocycles. The lowest BCUT2D eigenvalue weighted by atomic mass is 10.1. The number of nitrogens with zero attached hydrogens (tertiary/aromatic N) is 4. The van der Waals surface area contributed by atoms with Crippen LogP contribution in [0.4, 0.5) is 0 Å². The molecule has 6 nitrogen and oxygen atoms in total. The molecule has 0 unspecified atom stereocenters. The van der Waals surface area contributed by atoms with Crippen molar-refractivity contribution in [2.24, 2.45) is 7.05 Å². The molecule has 1 N–H and O–H groups in total. The van der Waals surface area contributed by atoms with Gasteiger partial charge in [0.2, 0.25) is 0 Å². The second-order valence-electron chi connectivity index (χ2n) is 7.72. The second kappa shape index (κ2) is 9.68. The highest BCUT2D eigenvalue weighted by molar-refractivity contribution is 7.99. The smallest absolute Gasteiger partial charge is 0.196 e. The molecule has 2 aromatic heterocycles. The minimum Gasteiger partial charge on any atom is -0.383 e. The molecule has 0 atom stereocenters. The van der Waals surface area contributed by atoms with E-state index in [1.54, 1.807) is 18.9 Å². The summed E-state index contributed by atoms with van der Waals surface area (Å²) >= 11 is 1.73. The van der Waals surface area contributed by atoms with Gasteiger partial charge in [-0.25, -0.2) is 0 Å². The summed E-state index contributed by atoms with van der Waals surface area (Å²) in [6.07, 6.45) is 0. The average molecular weight is 436 g/mol. The lowest BCUT2D eigenvalue weighted by molar-refractivity contribution is 0.199. The Morgan fingerprint density at radius 2 is 1.77 bits per heavy atom. The number of hydrogen-bond donors (Lipinski definition) is 1. The molecule has 7 heteroatoms. The SMILES string of the molecule is COCCNCc1c(-c2nnc(SC(C)C)n2-c2ccccc2)n(C)c2ccccc12. The van der Waals surface area contributed by atoms with Crippen LogP contribution in [0.3, 0.4) is 0 Å². The number of methoxy groups -OCH3 is 1. The van der Waals surface area contributed by atoms with Gasteiger partial charge in [0.05, 0.1) is 12.3 Å². The molecule has 0 aliphatic carbocycles. The van der Waals surface area contributed by atoms with Gasteiger partial charge in [0.1, 0.15) is 0 Å². The van der Waals surface area contributed by atoms with Crippen LogP contribution < -0.4 is 5.32 Å². The third-order valence-electron chi connectivity index (χ3n) is 5.20. The van der Waals surface area contributed by atoms with Gasteiger partial charge in [-0.2, -0.15) is 0 Å². The third kappa shape index (κ3) is 4.39. The maximum Gasteiger partial charge on any atom is 0.196 e. The van der Waals surface area contributed by atoms with E-state index >= 15 is 0 Å². The van der Waals surface area contributed by atoms with Gasteiger partial charge in [-0.1, -0.05) is 62.0 Å². The molecule has 162 valence electrons. The van der Waals surface area contributed by atoms with Crippen LogP contribution in [0.15, 0.2) is 59.8 Å². The van der Waals surface area contributed by atoms with E-state index in [1.165, 1.54) is 16.5 Å². The Balaban J connectivity index is 1.90. The standard InChI is InChI=1S/C24H29N5OS/c1-17(2)31-24-27-26-23(29(24)18-10-6-5-7-11-18)22-20(16-25-14-15-30-4)19-12-8-9-13-21(19)28(22)3/h5-13,17,25H,14-16H2,1-4H3. The highest BCUT2D eigenvalue weighted by atomic mass is 32.2. The van der Waals surface area contributed by atoms with Crippen molar-refractivity contribution in [3.8, 4) is 17.2 Å². The number of rotatable bonds is 9. The fraction of sp³-hybridized carbons (Fsp3) is 0.333. The maximum absolute atomic E-state index is 5.21. The maximum atomic E-state index is 5.21. The largest absolute Gasteiger partial charge is 0.383 e. The van der Waals surface area contributed by atoms with Crippen molar-refractivity contribution in [2.45, 2.75) is 30.8 Å². The van der Waals surface area contributed by atoms with E-state index in [1.807, 2.05) is 6.07 Å². The van der Waals surface area contributed by atoms with E-state index in [9.17, 15) is 0 Å². The second-order valence-corrected chi connectivity index (χ2v) is 9.26. The monoisotopic (exact) mass is 435 g/mol. The van der Waals surface area contributed by atoms with E-state index in [4.69, 9.17) is 9.84 Å². The Bertz CT molecular complexity index is 1150. The zero-order valence-electron chi connectivity index (χ0n) is 18.5. The molecule has 0 aliphatic heterocycles. The van der Waals surface area contributed by atoms with Crippen LogP contribution in [0.25, 0.3) is 28.1 Å². The number of nitrogens with one attached hydrogen (secondary N) is 1. The minimum atomic E-state index is 0.405. The van der Waals surface area contributed by atoms with Gasteiger partial charge in [-0.3, -0.25) is 4.57 Å². The topological polar surface area (TPSA) is 56.9 Å². The fourth-order valence-corrected chi connectivity index (χ4v) is 4.65. The summed E-state index contributed by atoms with van der Waals surface area (Å²) in [4.78, 5) is 0. The zero-order valence-corrected chi connectivity index (χ0v) is 19.3. The Morgan fingerprint density at radius 3 is 2.52 bits per heavy atom. The molecule has 0 radical (unpaired) electrons. The van der Waals surface area contributed by atoms with Crippen molar-refractivity contribution in [3.05, 3.63) is 60.2 Å². The highest BCUT2D eigenvalue weighted by Crippen LogP contribution is 2.36. The van der Waals surface area contributed by atoms with E-state index in [0.29, 0.717) is 11.9 Å². The third-order valence-corrected chi connectivity index (χ3v) is 6.14. The number of aryl methyl sites for hydroxylation is 1. The molecule has 0 saturated carbocycles. The normalized spacial score (nSPS) is 11.6. The van der Waals surface area contributed by atoms with E-state index in [0.717, 1.165) is 35.5 Å². The summed E-state index contributed by atoms with van der Waals surface area (Å²) in [5.41, 5.74) is 4.55. The first kappa shape index (κ1) is 21.6. The summed E-state index contributed by atoms with van der Waals surface area (Å²) in [5, 5.41) is 15.3. The summed E-state index contributed by atoms with van der Waals surface area (Å²) in [5.74, 6) is 0.858. The van der Waals surface area contributed by atoms with Crippen molar-refractivity contribution >= 4 is 22.7 Å². The van der Waals surface area contributed by atoms with Crippen molar-refractivity contribution in [3.63, 3.8) is 0 Å². The summed E-state index contributed by atoms with van der Waals surface area (Å²) in [6, 6.07) is 18.9. The lowest BCUT2D eigenvalue weighted by Gasteiger charge is -2.14. The number of thioether (sulfide) groups is 1. The highest BCUT2D eigenvalue weighted by Gasteiger charge is 2.24. The van der Waals surface area contributed by atoms with Gasteiger partial charge < -0.3 is 14.6 Å². The lowest BCUT2D eigenvalue weighted by Crippen LogP contribution is -2.19. The summed E-state index contributed by atoms with van der Waals surface area (Å²) in [7, 11) is 3.83. The van der Waals surface area contributed by atoms with Gasteiger partial charge >= 0.3 is 0 Å². The molecule has 0 saturated heterocycles. The average Bonchev–Trinajstić information content (AvgIpc) is 3.30. The van der Waals surface area contributed by atoms with Gasteiger partial charge in [-0.15, -0.1) is 10.2 Å². The molecule has 0 spiro atoms. The van der Waals surface area contributed by atoms with Crippen LogP contribution in [0.2, 0.25) is 0 Å². The van der Waals surface area contributed by atoms with Crippen molar-refractivity contribution < 1.29 is 4.74 Å². The van der Waals surface area contributed by atoms with Crippen LogP contribution >= 0.6 is 11.8 Å². The number of benzene rings is 2. The number of fused-ring (bicyclic) bond motifs is 1.